The Hall–Kier alpha value is -0.570. The van der Waals surface area contributed by atoms with Crippen LogP contribution in [-0.2, 0) is 4.79 Å². The van der Waals surface area contributed by atoms with Gasteiger partial charge in [-0.3, -0.25) is 4.79 Å². The number of hydrogen-bond donors (Lipinski definition) is 2. The molecular formula is C12H23NO2. The molecule has 0 aromatic carbocycles. The van der Waals surface area contributed by atoms with Crippen LogP contribution in [0.3, 0.4) is 0 Å². The van der Waals surface area contributed by atoms with Gasteiger partial charge in [0.2, 0.25) is 0 Å². The number of nitrogens with two attached hydrogens (primary N) is 1. The van der Waals surface area contributed by atoms with E-state index >= 15 is 0 Å². The van der Waals surface area contributed by atoms with Gasteiger partial charge in [-0.1, -0.05) is 13.8 Å². The van der Waals surface area contributed by atoms with Gasteiger partial charge in [0, 0.05) is 6.04 Å². The first-order valence-electron chi connectivity index (χ1n) is 6.03. The van der Waals surface area contributed by atoms with Crippen molar-refractivity contribution in [3.8, 4) is 0 Å². The molecule has 0 aliphatic heterocycles. The fourth-order valence-corrected chi connectivity index (χ4v) is 2.59. The summed E-state index contributed by atoms with van der Waals surface area (Å²) in [6.07, 6.45) is 4.84. The predicted octanol–water partition coefficient (Wildman–Crippen LogP) is 2.25. The molecule has 88 valence electrons. The normalized spacial score (nSPS) is 33.7. The van der Waals surface area contributed by atoms with E-state index in [1.807, 2.05) is 6.92 Å². The molecule has 1 rings (SSSR count). The van der Waals surface area contributed by atoms with Crippen LogP contribution in [0.1, 0.15) is 46.0 Å². The first-order valence-corrected chi connectivity index (χ1v) is 6.03. The van der Waals surface area contributed by atoms with Crippen LogP contribution in [0, 0.1) is 17.8 Å². The zero-order valence-electron chi connectivity index (χ0n) is 9.78. The van der Waals surface area contributed by atoms with Gasteiger partial charge in [-0.25, -0.2) is 0 Å². The Labute approximate surface area is 92.0 Å². The van der Waals surface area contributed by atoms with Crippen LogP contribution in [0.4, 0.5) is 0 Å². The molecule has 3 N–H and O–H groups in total. The lowest BCUT2D eigenvalue weighted by Gasteiger charge is -2.32. The van der Waals surface area contributed by atoms with Crippen LogP contribution in [0.15, 0.2) is 0 Å². The molecule has 4 atom stereocenters. The molecule has 0 bridgehead atoms. The Morgan fingerprint density at radius 2 is 2.20 bits per heavy atom. The van der Waals surface area contributed by atoms with Gasteiger partial charge in [0.25, 0.3) is 0 Å². The molecule has 0 radical (unpaired) electrons. The summed E-state index contributed by atoms with van der Waals surface area (Å²) in [5.74, 6) is 0.326. The maximum atomic E-state index is 10.9. The molecule has 1 aliphatic carbocycles. The second kappa shape index (κ2) is 5.50. The maximum Gasteiger partial charge on any atom is 0.306 e. The van der Waals surface area contributed by atoms with Crippen molar-refractivity contribution in [3.63, 3.8) is 0 Å². The zero-order chi connectivity index (χ0) is 11.4. The van der Waals surface area contributed by atoms with Crippen molar-refractivity contribution < 1.29 is 9.90 Å². The van der Waals surface area contributed by atoms with Crippen molar-refractivity contribution in [2.45, 2.75) is 52.0 Å². The van der Waals surface area contributed by atoms with Crippen LogP contribution < -0.4 is 5.73 Å². The molecule has 0 aromatic rings. The van der Waals surface area contributed by atoms with E-state index in [0.717, 1.165) is 32.1 Å². The van der Waals surface area contributed by atoms with E-state index in [9.17, 15) is 4.79 Å². The molecule has 1 saturated carbocycles. The highest BCUT2D eigenvalue weighted by molar-refractivity contribution is 5.69. The van der Waals surface area contributed by atoms with Crippen molar-refractivity contribution in [1.82, 2.24) is 0 Å². The first-order chi connectivity index (χ1) is 7.04. The summed E-state index contributed by atoms with van der Waals surface area (Å²) in [6.45, 7) is 4.13. The lowest BCUT2D eigenvalue weighted by molar-refractivity contribution is -0.142. The first kappa shape index (κ1) is 12.5. The number of carboxylic acid groups (broad SMARTS) is 1. The summed E-state index contributed by atoms with van der Waals surface area (Å²) in [7, 11) is 0. The van der Waals surface area contributed by atoms with Crippen LogP contribution >= 0.6 is 0 Å². The van der Waals surface area contributed by atoms with Gasteiger partial charge >= 0.3 is 5.97 Å². The Bertz CT molecular complexity index is 218. The molecule has 0 saturated heterocycles. The highest BCUT2D eigenvalue weighted by atomic mass is 16.4. The molecule has 3 nitrogen and oxygen atoms in total. The van der Waals surface area contributed by atoms with Crippen LogP contribution in [0.2, 0.25) is 0 Å². The number of carbonyl (C=O) groups is 1. The number of rotatable bonds is 4. The Morgan fingerprint density at radius 3 is 2.67 bits per heavy atom. The van der Waals surface area contributed by atoms with Crippen LogP contribution in [0.25, 0.3) is 0 Å². The number of aliphatic carboxylic acids is 1. The summed E-state index contributed by atoms with van der Waals surface area (Å²) in [6, 6.07) is 0.325. The summed E-state index contributed by atoms with van der Waals surface area (Å²) in [4.78, 5) is 10.9. The van der Waals surface area contributed by atoms with Crippen molar-refractivity contribution in [3.05, 3.63) is 0 Å². The van der Waals surface area contributed by atoms with Gasteiger partial charge in [-0.15, -0.1) is 0 Å². The molecule has 0 heterocycles. The zero-order valence-corrected chi connectivity index (χ0v) is 9.78. The van der Waals surface area contributed by atoms with Gasteiger partial charge in [-0.05, 0) is 43.9 Å². The van der Waals surface area contributed by atoms with E-state index in [-0.39, 0.29) is 5.92 Å². The SMILES string of the molecule is CC[C@H](CC1CC[C@@H](N)C(C)C1)C(=O)O. The third-order valence-electron chi connectivity index (χ3n) is 3.80. The molecular weight excluding hydrogens is 190 g/mol. The van der Waals surface area contributed by atoms with Crippen molar-refractivity contribution in [2.75, 3.05) is 0 Å². The Morgan fingerprint density at radius 1 is 1.53 bits per heavy atom. The smallest absolute Gasteiger partial charge is 0.306 e. The van der Waals surface area contributed by atoms with E-state index in [1.165, 1.54) is 0 Å². The summed E-state index contributed by atoms with van der Waals surface area (Å²) in [5.41, 5.74) is 5.95. The third-order valence-corrected chi connectivity index (χ3v) is 3.80. The van der Waals surface area contributed by atoms with E-state index in [2.05, 4.69) is 6.92 Å². The van der Waals surface area contributed by atoms with E-state index in [1.54, 1.807) is 0 Å². The monoisotopic (exact) mass is 213 g/mol. The van der Waals surface area contributed by atoms with Crippen LogP contribution in [-0.4, -0.2) is 17.1 Å². The molecule has 0 spiro atoms. The molecule has 0 aromatic heterocycles. The lowest BCUT2D eigenvalue weighted by atomic mass is 9.75. The average molecular weight is 213 g/mol. The molecule has 15 heavy (non-hydrogen) atoms. The van der Waals surface area contributed by atoms with E-state index < -0.39 is 5.97 Å². The van der Waals surface area contributed by atoms with Crippen molar-refractivity contribution in [1.29, 1.82) is 0 Å². The van der Waals surface area contributed by atoms with Gasteiger partial charge in [0.15, 0.2) is 0 Å². The minimum atomic E-state index is -0.639. The summed E-state index contributed by atoms with van der Waals surface area (Å²) in [5, 5.41) is 9.00. The van der Waals surface area contributed by atoms with E-state index in [0.29, 0.717) is 17.9 Å². The quantitative estimate of drug-likeness (QED) is 0.753. The minimum Gasteiger partial charge on any atom is -0.481 e. The lowest BCUT2D eigenvalue weighted by Crippen LogP contribution is -2.35. The van der Waals surface area contributed by atoms with Gasteiger partial charge in [0.1, 0.15) is 0 Å². The van der Waals surface area contributed by atoms with Crippen LogP contribution in [0.5, 0.6) is 0 Å². The largest absolute Gasteiger partial charge is 0.481 e. The average Bonchev–Trinajstić information content (AvgIpc) is 2.19. The fraction of sp³-hybridized carbons (Fsp3) is 0.917. The van der Waals surface area contributed by atoms with Crippen molar-refractivity contribution in [2.24, 2.45) is 23.5 Å². The predicted molar refractivity (Wildman–Crippen MR) is 60.5 cm³/mol. The molecule has 1 fully saturated rings. The molecule has 2 unspecified atom stereocenters. The maximum absolute atomic E-state index is 10.9. The highest BCUT2D eigenvalue weighted by Gasteiger charge is 2.28. The second-order valence-electron chi connectivity index (χ2n) is 5.00. The Kier molecular flexibility index (Phi) is 4.58. The highest BCUT2D eigenvalue weighted by Crippen LogP contribution is 2.33. The number of carboxylic acids is 1. The summed E-state index contributed by atoms with van der Waals surface area (Å²) >= 11 is 0. The molecule has 1 aliphatic rings. The standard InChI is InChI=1S/C12H23NO2/c1-3-10(12(14)15)7-9-4-5-11(13)8(2)6-9/h8-11H,3-7,13H2,1-2H3,(H,14,15)/t8?,9?,10-,11-/m1/s1. The molecule has 3 heteroatoms. The molecule has 0 amide bonds. The fourth-order valence-electron chi connectivity index (χ4n) is 2.59. The topological polar surface area (TPSA) is 63.3 Å². The number of hydrogen-bond acceptors (Lipinski definition) is 2. The minimum absolute atomic E-state index is 0.156. The third kappa shape index (κ3) is 3.49. The van der Waals surface area contributed by atoms with E-state index in [4.69, 9.17) is 10.8 Å². The van der Waals surface area contributed by atoms with Gasteiger partial charge in [0.05, 0.1) is 5.92 Å². The Balaban J connectivity index is 2.42. The van der Waals surface area contributed by atoms with Gasteiger partial charge < -0.3 is 10.8 Å². The summed E-state index contributed by atoms with van der Waals surface area (Å²) < 4.78 is 0. The van der Waals surface area contributed by atoms with Gasteiger partial charge in [-0.2, -0.15) is 0 Å². The van der Waals surface area contributed by atoms with Crippen molar-refractivity contribution >= 4 is 5.97 Å². The second-order valence-corrected chi connectivity index (χ2v) is 5.00.